The van der Waals surface area contributed by atoms with E-state index < -0.39 is 6.09 Å². The smallest absolute Gasteiger partial charge is 0.404 e. The van der Waals surface area contributed by atoms with Gasteiger partial charge in [0.25, 0.3) is 0 Å². The molecule has 0 aliphatic carbocycles. The minimum absolute atomic E-state index is 0.451. The lowest BCUT2D eigenvalue weighted by molar-refractivity contribution is 0.192. The number of hydrogen-bond donors (Lipinski definition) is 2. The van der Waals surface area contributed by atoms with Crippen LogP contribution in [0.15, 0.2) is 24.3 Å². The summed E-state index contributed by atoms with van der Waals surface area (Å²) in [6.45, 7) is 5.66. The number of aryl methyl sites for hydroxylation is 1. The highest BCUT2D eigenvalue weighted by Crippen LogP contribution is 2.18. The molecule has 2 rings (SSSR count). The average Bonchev–Trinajstić information content (AvgIpc) is 2.77. The lowest BCUT2D eigenvalue weighted by atomic mass is 10.1. The van der Waals surface area contributed by atoms with E-state index in [4.69, 9.17) is 5.11 Å². The summed E-state index contributed by atoms with van der Waals surface area (Å²) in [5, 5.41) is 11.0. The van der Waals surface area contributed by atoms with Gasteiger partial charge in [-0.15, -0.1) is 0 Å². The van der Waals surface area contributed by atoms with E-state index in [1.807, 2.05) is 0 Å². The summed E-state index contributed by atoms with van der Waals surface area (Å²) in [5.74, 6) is 0.451. The van der Waals surface area contributed by atoms with Crippen molar-refractivity contribution in [2.75, 3.05) is 19.6 Å². The summed E-state index contributed by atoms with van der Waals surface area (Å²) in [6, 6.07) is 8.60. The molecular weight excluding hydrogens is 228 g/mol. The van der Waals surface area contributed by atoms with Crippen molar-refractivity contribution in [2.45, 2.75) is 19.9 Å². The second-order valence-electron chi connectivity index (χ2n) is 5.06. The average molecular weight is 248 g/mol. The topological polar surface area (TPSA) is 52.6 Å². The van der Waals surface area contributed by atoms with Crippen LogP contribution in [0.5, 0.6) is 0 Å². The first kappa shape index (κ1) is 12.9. The first-order chi connectivity index (χ1) is 8.63. The minimum atomic E-state index is -0.924. The zero-order valence-corrected chi connectivity index (χ0v) is 10.7. The van der Waals surface area contributed by atoms with Crippen LogP contribution in [0.3, 0.4) is 0 Å². The molecule has 1 aliphatic rings. The molecule has 0 spiro atoms. The van der Waals surface area contributed by atoms with Crippen LogP contribution in [-0.4, -0.2) is 35.7 Å². The van der Waals surface area contributed by atoms with E-state index >= 15 is 0 Å². The molecule has 4 nitrogen and oxygen atoms in total. The van der Waals surface area contributed by atoms with Crippen LogP contribution < -0.4 is 5.32 Å². The maximum Gasteiger partial charge on any atom is 0.404 e. The highest BCUT2D eigenvalue weighted by Gasteiger charge is 2.22. The molecule has 4 heteroatoms. The molecule has 2 N–H and O–H groups in total. The third-order valence-electron chi connectivity index (χ3n) is 3.44. The predicted molar refractivity (Wildman–Crippen MR) is 70.6 cm³/mol. The number of nitrogens with zero attached hydrogens (tertiary/aromatic N) is 1. The summed E-state index contributed by atoms with van der Waals surface area (Å²) in [4.78, 5) is 12.8. The van der Waals surface area contributed by atoms with Gasteiger partial charge in [-0.1, -0.05) is 29.8 Å². The van der Waals surface area contributed by atoms with Gasteiger partial charge in [-0.3, -0.25) is 4.90 Å². The van der Waals surface area contributed by atoms with E-state index in [0.29, 0.717) is 12.5 Å². The summed E-state index contributed by atoms with van der Waals surface area (Å²) in [6.07, 6.45) is 0.151. The molecule has 1 fully saturated rings. The Kier molecular flexibility index (Phi) is 4.20. The Balaban J connectivity index is 1.78. The lowest BCUT2D eigenvalue weighted by Crippen LogP contribution is -2.29. The molecule has 0 saturated carbocycles. The first-order valence-electron chi connectivity index (χ1n) is 6.38. The molecule has 0 bridgehead atoms. The highest BCUT2D eigenvalue weighted by molar-refractivity contribution is 5.64. The number of likely N-dealkylation sites (tertiary alicyclic amines) is 1. The van der Waals surface area contributed by atoms with Gasteiger partial charge in [0.15, 0.2) is 0 Å². The summed E-state index contributed by atoms with van der Waals surface area (Å²) in [5.41, 5.74) is 2.61. The highest BCUT2D eigenvalue weighted by atomic mass is 16.4. The van der Waals surface area contributed by atoms with Gasteiger partial charge in [0.2, 0.25) is 0 Å². The van der Waals surface area contributed by atoms with Gasteiger partial charge >= 0.3 is 6.09 Å². The van der Waals surface area contributed by atoms with Gasteiger partial charge in [0.1, 0.15) is 0 Å². The predicted octanol–water partition coefficient (Wildman–Crippen LogP) is 2.08. The number of carbonyl (C=O) groups is 1. The molecule has 0 aromatic heterocycles. The molecule has 1 amide bonds. The number of benzene rings is 1. The van der Waals surface area contributed by atoms with Crippen LogP contribution >= 0.6 is 0 Å². The zero-order valence-electron chi connectivity index (χ0n) is 10.7. The Morgan fingerprint density at radius 3 is 2.83 bits per heavy atom. The standard InChI is InChI=1S/C14H20N2O2/c1-11-2-4-12(5-3-11)9-16-7-6-13(10-16)8-15-14(17)18/h2-5,13,15H,6-10H2,1H3,(H,17,18). The fourth-order valence-corrected chi connectivity index (χ4v) is 2.41. The molecule has 1 heterocycles. The molecule has 1 unspecified atom stereocenters. The van der Waals surface area contributed by atoms with E-state index in [2.05, 4.69) is 41.4 Å². The van der Waals surface area contributed by atoms with E-state index in [9.17, 15) is 4.79 Å². The maximum atomic E-state index is 10.4. The van der Waals surface area contributed by atoms with Crippen LogP contribution in [0.2, 0.25) is 0 Å². The Hall–Kier alpha value is -1.55. The molecule has 1 aromatic rings. The van der Waals surface area contributed by atoms with Gasteiger partial charge in [0.05, 0.1) is 0 Å². The maximum absolute atomic E-state index is 10.4. The minimum Gasteiger partial charge on any atom is -0.465 e. The second-order valence-corrected chi connectivity index (χ2v) is 5.06. The second kappa shape index (κ2) is 5.87. The first-order valence-corrected chi connectivity index (χ1v) is 6.38. The zero-order chi connectivity index (χ0) is 13.0. The third kappa shape index (κ3) is 3.74. The Morgan fingerprint density at radius 1 is 1.44 bits per heavy atom. The van der Waals surface area contributed by atoms with Crippen molar-refractivity contribution in [1.82, 2.24) is 10.2 Å². The molecule has 1 saturated heterocycles. The van der Waals surface area contributed by atoms with E-state index in [-0.39, 0.29) is 0 Å². The van der Waals surface area contributed by atoms with Crippen LogP contribution in [-0.2, 0) is 6.54 Å². The number of rotatable bonds is 4. The van der Waals surface area contributed by atoms with Gasteiger partial charge in [-0.05, 0) is 31.4 Å². The van der Waals surface area contributed by atoms with Crippen molar-refractivity contribution in [1.29, 1.82) is 0 Å². The van der Waals surface area contributed by atoms with Crippen molar-refractivity contribution in [3.8, 4) is 0 Å². The summed E-state index contributed by atoms with van der Waals surface area (Å²) >= 11 is 0. The fraction of sp³-hybridized carbons (Fsp3) is 0.500. The van der Waals surface area contributed by atoms with Gasteiger partial charge in [-0.2, -0.15) is 0 Å². The van der Waals surface area contributed by atoms with Crippen molar-refractivity contribution in [3.05, 3.63) is 35.4 Å². The molecule has 18 heavy (non-hydrogen) atoms. The number of hydrogen-bond acceptors (Lipinski definition) is 2. The van der Waals surface area contributed by atoms with Crippen molar-refractivity contribution in [3.63, 3.8) is 0 Å². The van der Waals surface area contributed by atoms with Crippen molar-refractivity contribution >= 4 is 6.09 Å². The monoisotopic (exact) mass is 248 g/mol. The number of nitrogens with one attached hydrogen (secondary N) is 1. The van der Waals surface area contributed by atoms with Gasteiger partial charge in [0, 0.05) is 19.6 Å². The Morgan fingerprint density at radius 2 is 2.17 bits per heavy atom. The molecule has 0 radical (unpaired) electrons. The Labute approximate surface area is 108 Å². The molecular formula is C14H20N2O2. The van der Waals surface area contributed by atoms with Gasteiger partial charge < -0.3 is 10.4 Å². The van der Waals surface area contributed by atoms with E-state index in [1.165, 1.54) is 11.1 Å². The van der Waals surface area contributed by atoms with Crippen LogP contribution in [0, 0.1) is 12.8 Å². The molecule has 98 valence electrons. The molecule has 1 aromatic carbocycles. The number of amides is 1. The van der Waals surface area contributed by atoms with Crippen LogP contribution in [0.25, 0.3) is 0 Å². The summed E-state index contributed by atoms with van der Waals surface area (Å²) < 4.78 is 0. The normalized spacial score (nSPS) is 19.9. The number of carboxylic acid groups (broad SMARTS) is 1. The van der Waals surface area contributed by atoms with Crippen LogP contribution in [0.4, 0.5) is 4.79 Å². The van der Waals surface area contributed by atoms with Crippen molar-refractivity contribution < 1.29 is 9.90 Å². The van der Waals surface area contributed by atoms with E-state index in [0.717, 1.165) is 26.1 Å². The molecule has 1 aliphatic heterocycles. The van der Waals surface area contributed by atoms with E-state index in [1.54, 1.807) is 0 Å². The lowest BCUT2D eigenvalue weighted by Gasteiger charge is -2.16. The van der Waals surface area contributed by atoms with Gasteiger partial charge in [-0.25, -0.2) is 4.79 Å². The SMILES string of the molecule is Cc1ccc(CN2CCC(CNC(=O)O)C2)cc1. The summed E-state index contributed by atoms with van der Waals surface area (Å²) in [7, 11) is 0. The van der Waals surface area contributed by atoms with Crippen molar-refractivity contribution in [2.24, 2.45) is 5.92 Å². The Bertz CT molecular complexity index is 403. The quantitative estimate of drug-likeness (QED) is 0.857. The van der Waals surface area contributed by atoms with Crippen LogP contribution in [0.1, 0.15) is 17.5 Å². The largest absolute Gasteiger partial charge is 0.465 e. The fourth-order valence-electron chi connectivity index (χ4n) is 2.41. The molecule has 1 atom stereocenters. The third-order valence-corrected chi connectivity index (χ3v) is 3.44.